The van der Waals surface area contributed by atoms with E-state index < -0.39 is 12.0 Å². The lowest BCUT2D eigenvalue weighted by atomic mass is 10.1. The van der Waals surface area contributed by atoms with Crippen LogP contribution in [0.5, 0.6) is 0 Å². The molecule has 0 aliphatic rings. The Labute approximate surface area is 113 Å². The normalized spacial score (nSPS) is 13.1. The lowest BCUT2D eigenvalue weighted by Gasteiger charge is -2.20. The molecule has 0 fully saturated rings. The Morgan fingerprint density at radius 1 is 1.42 bits per heavy atom. The maximum absolute atomic E-state index is 11.0. The third kappa shape index (κ3) is 2.63. The molecular weight excluding hydrogens is 240 g/mol. The first kappa shape index (κ1) is 13.6. The molecule has 1 aromatic carbocycles. The van der Waals surface area contributed by atoms with Crippen LogP contribution in [0.4, 0.5) is 0 Å². The number of aliphatic carboxylic acids is 1. The number of hydrogen-bond acceptors (Lipinski definition) is 2. The highest BCUT2D eigenvalue weighted by atomic mass is 16.4. The van der Waals surface area contributed by atoms with Gasteiger partial charge in [-0.1, -0.05) is 18.2 Å². The van der Waals surface area contributed by atoms with Crippen LogP contribution >= 0.6 is 0 Å². The average molecular weight is 260 g/mol. The smallest absolute Gasteiger partial charge is 0.320 e. The SMILES string of the molecule is CCn1cc(CN(C)C(C)C(=O)O)c2ccccc21. The molecule has 1 unspecified atom stereocenters. The summed E-state index contributed by atoms with van der Waals surface area (Å²) in [6.45, 7) is 5.38. The summed E-state index contributed by atoms with van der Waals surface area (Å²) < 4.78 is 2.20. The molecule has 0 amide bonds. The van der Waals surface area contributed by atoms with E-state index >= 15 is 0 Å². The summed E-state index contributed by atoms with van der Waals surface area (Å²) in [6, 6.07) is 7.76. The predicted molar refractivity (Wildman–Crippen MR) is 76.2 cm³/mol. The summed E-state index contributed by atoms with van der Waals surface area (Å²) in [5.74, 6) is -0.790. The first-order valence-electron chi connectivity index (χ1n) is 6.54. The van der Waals surface area contributed by atoms with Crippen LogP contribution in [0.3, 0.4) is 0 Å². The van der Waals surface area contributed by atoms with Crippen LogP contribution in [0, 0.1) is 0 Å². The van der Waals surface area contributed by atoms with Crippen molar-refractivity contribution in [1.29, 1.82) is 0 Å². The molecule has 19 heavy (non-hydrogen) atoms. The molecule has 0 bridgehead atoms. The van der Waals surface area contributed by atoms with E-state index in [2.05, 4.69) is 29.8 Å². The zero-order valence-corrected chi connectivity index (χ0v) is 11.6. The first-order valence-corrected chi connectivity index (χ1v) is 6.54. The molecule has 0 aliphatic carbocycles. The fourth-order valence-corrected chi connectivity index (χ4v) is 2.30. The maximum Gasteiger partial charge on any atom is 0.320 e. The van der Waals surface area contributed by atoms with E-state index in [0.717, 1.165) is 6.54 Å². The van der Waals surface area contributed by atoms with Gasteiger partial charge in [-0.05, 0) is 32.5 Å². The largest absolute Gasteiger partial charge is 0.480 e. The van der Waals surface area contributed by atoms with E-state index in [4.69, 9.17) is 5.11 Å². The van der Waals surface area contributed by atoms with Crippen molar-refractivity contribution in [1.82, 2.24) is 9.47 Å². The quantitative estimate of drug-likeness (QED) is 0.898. The fraction of sp³-hybridized carbons (Fsp3) is 0.400. The van der Waals surface area contributed by atoms with Gasteiger partial charge in [0.2, 0.25) is 0 Å². The van der Waals surface area contributed by atoms with Crippen LogP contribution in [0.15, 0.2) is 30.5 Å². The number of hydrogen-bond donors (Lipinski definition) is 1. The number of fused-ring (bicyclic) bond motifs is 1. The molecule has 4 nitrogen and oxygen atoms in total. The Hall–Kier alpha value is -1.81. The average Bonchev–Trinajstić information content (AvgIpc) is 2.76. The molecule has 1 atom stereocenters. The summed E-state index contributed by atoms with van der Waals surface area (Å²) in [7, 11) is 1.84. The number of para-hydroxylation sites is 1. The predicted octanol–water partition coefficient (Wildman–Crippen LogP) is 2.57. The van der Waals surface area contributed by atoms with Gasteiger partial charge in [-0.3, -0.25) is 9.69 Å². The van der Waals surface area contributed by atoms with Crippen molar-refractivity contribution in [2.24, 2.45) is 0 Å². The van der Waals surface area contributed by atoms with E-state index in [1.807, 2.05) is 24.1 Å². The summed E-state index contributed by atoms with van der Waals surface area (Å²) in [5.41, 5.74) is 2.38. The molecule has 4 heteroatoms. The molecule has 0 spiro atoms. The summed E-state index contributed by atoms with van der Waals surface area (Å²) in [6.07, 6.45) is 2.12. The molecule has 1 aromatic heterocycles. The van der Waals surface area contributed by atoms with Crippen LogP contribution in [0.1, 0.15) is 19.4 Å². The van der Waals surface area contributed by atoms with Crippen molar-refractivity contribution >= 4 is 16.9 Å². The van der Waals surface area contributed by atoms with Gasteiger partial charge in [0.1, 0.15) is 6.04 Å². The highest BCUT2D eigenvalue weighted by molar-refractivity contribution is 5.84. The third-order valence-electron chi connectivity index (χ3n) is 3.65. The number of nitrogens with zero attached hydrogens (tertiary/aromatic N) is 2. The van der Waals surface area contributed by atoms with Crippen molar-refractivity contribution in [2.75, 3.05) is 7.05 Å². The number of carboxylic acids is 1. The minimum absolute atomic E-state index is 0.483. The summed E-state index contributed by atoms with van der Waals surface area (Å²) >= 11 is 0. The van der Waals surface area contributed by atoms with Gasteiger partial charge in [-0.2, -0.15) is 0 Å². The fourth-order valence-electron chi connectivity index (χ4n) is 2.30. The number of likely N-dealkylation sites (N-methyl/N-ethyl adjacent to an activating group) is 1. The Bertz CT molecular complexity index is 589. The third-order valence-corrected chi connectivity index (χ3v) is 3.65. The lowest BCUT2D eigenvalue weighted by molar-refractivity contribution is -0.142. The van der Waals surface area contributed by atoms with E-state index in [9.17, 15) is 4.79 Å². The molecule has 2 aromatic rings. The Balaban J connectivity index is 2.33. The van der Waals surface area contributed by atoms with E-state index in [0.29, 0.717) is 6.54 Å². The second-order valence-corrected chi connectivity index (χ2v) is 4.89. The van der Waals surface area contributed by atoms with Gasteiger partial charge in [-0.15, -0.1) is 0 Å². The van der Waals surface area contributed by atoms with Gasteiger partial charge in [0.25, 0.3) is 0 Å². The van der Waals surface area contributed by atoms with Crippen molar-refractivity contribution in [2.45, 2.75) is 33.0 Å². The molecule has 102 valence electrons. The second kappa shape index (κ2) is 5.45. The molecular formula is C15H20N2O2. The Morgan fingerprint density at radius 2 is 2.11 bits per heavy atom. The van der Waals surface area contributed by atoms with Gasteiger partial charge >= 0.3 is 5.97 Å². The first-order chi connectivity index (χ1) is 9.04. The molecule has 0 radical (unpaired) electrons. The van der Waals surface area contributed by atoms with Crippen LogP contribution in [0.2, 0.25) is 0 Å². The van der Waals surface area contributed by atoms with E-state index in [1.165, 1.54) is 16.5 Å². The van der Waals surface area contributed by atoms with Crippen LogP contribution in [-0.4, -0.2) is 33.6 Å². The standard InChI is InChI=1S/C15H20N2O2/c1-4-17-10-12(9-16(3)11(2)15(18)19)13-7-5-6-8-14(13)17/h5-8,10-11H,4,9H2,1-3H3,(H,18,19). The monoisotopic (exact) mass is 260 g/mol. The lowest BCUT2D eigenvalue weighted by Crippen LogP contribution is -2.35. The van der Waals surface area contributed by atoms with Gasteiger partial charge in [0.05, 0.1) is 0 Å². The van der Waals surface area contributed by atoms with E-state index in [-0.39, 0.29) is 0 Å². The van der Waals surface area contributed by atoms with Gasteiger partial charge in [0.15, 0.2) is 0 Å². The number of rotatable bonds is 5. The number of benzene rings is 1. The van der Waals surface area contributed by atoms with Crippen molar-refractivity contribution in [3.8, 4) is 0 Å². The van der Waals surface area contributed by atoms with Crippen LogP contribution in [-0.2, 0) is 17.9 Å². The van der Waals surface area contributed by atoms with Gasteiger partial charge in [0, 0.05) is 30.2 Å². The highest BCUT2D eigenvalue weighted by Gasteiger charge is 2.18. The topological polar surface area (TPSA) is 45.5 Å². The number of aryl methyl sites for hydroxylation is 1. The highest BCUT2D eigenvalue weighted by Crippen LogP contribution is 2.22. The van der Waals surface area contributed by atoms with Crippen molar-refractivity contribution < 1.29 is 9.90 Å². The zero-order chi connectivity index (χ0) is 14.0. The Kier molecular flexibility index (Phi) is 3.90. The summed E-state index contributed by atoms with van der Waals surface area (Å²) in [5, 5.41) is 10.3. The number of carbonyl (C=O) groups is 1. The van der Waals surface area contributed by atoms with Gasteiger partial charge in [-0.25, -0.2) is 0 Å². The molecule has 1 heterocycles. The maximum atomic E-state index is 11.0. The molecule has 2 rings (SSSR count). The molecule has 0 aliphatic heterocycles. The minimum atomic E-state index is -0.790. The van der Waals surface area contributed by atoms with Crippen molar-refractivity contribution in [3.05, 3.63) is 36.0 Å². The minimum Gasteiger partial charge on any atom is -0.480 e. The van der Waals surface area contributed by atoms with Crippen LogP contribution < -0.4 is 0 Å². The van der Waals surface area contributed by atoms with E-state index in [1.54, 1.807) is 6.92 Å². The molecule has 0 saturated carbocycles. The second-order valence-electron chi connectivity index (χ2n) is 4.89. The van der Waals surface area contributed by atoms with Crippen molar-refractivity contribution in [3.63, 3.8) is 0 Å². The summed E-state index contributed by atoms with van der Waals surface area (Å²) in [4.78, 5) is 12.9. The molecule has 0 saturated heterocycles. The Morgan fingerprint density at radius 3 is 2.74 bits per heavy atom. The number of carboxylic acid groups (broad SMARTS) is 1. The zero-order valence-electron chi connectivity index (χ0n) is 11.6. The molecule has 1 N–H and O–H groups in total. The van der Waals surface area contributed by atoms with Crippen LogP contribution in [0.25, 0.3) is 10.9 Å². The number of aromatic nitrogens is 1. The van der Waals surface area contributed by atoms with Gasteiger partial charge < -0.3 is 9.67 Å².